The smallest absolute Gasteiger partial charge is 0.249 e. The van der Waals surface area contributed by atoms with Crippen molar-refractivity contribution in [2.45, 2.75) is 31.9 Å². The Hall–Kier alpha value is -1.35. The van der Waals surface area contributed by atoms with E-state index in [1.54, 1.807) is 11.3 Å². The molecule has 2 rings (SSSR count). The fourth-order valence-electron chi connectivity index (χ4n) is 1.83. The molecule has 1 amide bonds. The van der Waals surface area contributed by atoms with Crippen LogP contribution in [0.3, 0.4) is 0 Å². The Bertz CT molecular complexity index is 480. The number of hydrogen-bond acceptors (Lipinski definition) is 4. The lowest BCUT2D eigenvalue weighted by molar-refractivity contribution is -0.130. The number of rotatable bonds is 4. The summed E-state index contributed by atoms with van der Waals surface area (Å²) in [5, 5.41) is 13.5. The molecule has 1 aromatic heterocycles. The molecular weight excluding hydrogens is 262 g/mol. The highest BCUT2D eigenvalue weighted by Gasteiger charge is 2.23. The molecule has 0 saturated carbocycles. The first-order chi connectivity index (χ1) is 9.29. The number of hydrogen-bond donors (Lipinski definition) is 2. The van der Waals surface area contributed by atoms with Gasteiger partial charge in [-0.3, -0.25) is 4.79 Å². The molecule has 102 valence electrons. The van der Waals surface area contributed by atoms with Crippen molar-refractivity contribution in [3.05, 3.63) is 21.9 Å². The predicted octanol–water partition coefficient (Wildman–Crippen LogP) is 1.28. The third kappa shape index (κ3) is 4.35. The summed E-state index contributed by atoms with van der Waals surface area (Å²) >= 11 is 1.57. The second kappa shape index (κ2) is 7.29. The average molecular weight is 279 g/mol. The van der Waals surface area contributed by atoms with Crippen LogP contribution >= 0.6 is 11.3 Å². The summed E-state index contributed by atoms with van der Waals surface area (Å²) in [5.74, 6) is 5.82. The lowest BCUT2D eigenvalue weighted by atomic mass is 10.2. The minimum absolute atomic E-state index is 0.0289. The van der Waals surface area contributed by atoms with Gasteiger partial charge in [0.2, 0.25) is 5.91 Å². The van der Waals surface area contributed by atoms with Gasteiger partial charge in [0.25, 0.3) is 0 Å². The summed E-state index contributed by atoms with van der Waals surface area (Å²) in [7, 11) is 0. The van der Waals surface area contributed by atoms with Crippen LogP contribution in [-0.2, 0) is 16.1 Å². The van der Waals surface area contributed by atoms with E-state index in [9.17, 15) is 4.79 Å². The SMILES string of the molecule is O=C(NCc1cc(C#CCCO)cs1)C1CCCO1. The van der Waals surface area contributed by atoms with Gasteiger partial charge in [-0.2, -0.15) is 0 Å². The Kier molecular flexibility index (Phi) is 5.40. The number of nitrogens with one attached hydrogen (secondary N) is 1. The first-order valence-electron chi connectivity index (χ1n) is 6.36. The Morgan fingerprint density at radius 2 is 2.53 bits per heavy atom. The summed E-state index contributed by atoms with van der Waals surface area (Å²) in [5.41, 5.74) is 0.930. The molecule has 2 heterocycles. The lowest BCUT2D eigenvalue weighted by Gasteiger charge is -2.09. The number of thiophene rings is 1. The van der Waals surface area contributed by atoms with E-state index < -0.39 is 0 Å². The van der Waals surface area contributed by atoms with Gasteiger partial charge in [0.05, 0.1) is 13.2 Å². The van der Waals surface area contributed by atoms with Gasteiger partial charge in [-0.05, 0) is 18.9 Å². The molecule has 0 spiro atoms. The highest BCUT2D eigenvalue weighted by atomic mass is 32.1. The van der Waals surface area contributed by atoms with Crippen molar-refractivity contribution >= 4 is 17.2 Å². The molecule has 0 aromatic carbocycles. The normalized spacial score (nSPS) is 17.8. The van der Waals surface area contributed by atoms with Crippen LogP contribution in [0.2, 0.25) is 0 Å². The minimum Gasteiger partial charge on any atom is -0.395 e. The van der Waals surface area contributed by atoms with Crippen LogP contribution in [0.4, 0.5) is 0 Å². The molecule has 1 aliphatic rings. The second-order valence-electron chi connectivity index (χ2n) is 4.30. The van der Waals surface area contributed by atoms with Crippen molar-refractivity contribution in [3.63, 3.8) is 0 Å². The fraction of sp³-hybridized carbons (Fsp3) is 0.500. The molecule has 1 fully saturated rings. The van der Waals surface area contributed by atoms with Crippen LogP contribution in [0.1, 0.15) is 29.7 Å². The molecule has 0 aliphatic carbocycles. The summed E-state index contributed by atoms with van der Waals surface area (Å²) in [4.78, 5) is 12.8. The van der Waals surface area contributed by atoms with E-state index in [0.29, 0.717) is 19.6 Å². The zero-order chi connectivity index (χ0) is 13.5. The van der Waals surface area contributed by atoms with Crippen LogP contribution in [0, 0.1) is 11.8 Å². The van der Waals surface area contributed by atoms with Gasteiger partial charge in [-0.15, -0.1) is 11.3 Å². The molecule has 1 atom stereocenters. The molecule has 0 radical (unpaired) electrons. The topological polar surface area (TPSA) is 58.6 Å². The van der Waals surface area contributed by atoms with E-state index in [2.05, 4.69) is 17.2 Å². The van der Waals surface area contributed by atoms with Gasteiger partial charge < -0.3 is 15.2 Å². The summed E-state index contributed by atoms with van der Waals surface area (Å²) in [6.07, 6.45) is 1.99. The first-order valence-corrected chi connectivity index (χ1v) is 7.24. The van der Waals surface area contributed by atoms with Gasteiger partial charge in [-0.1, -0.05) is 11.8 Å². The van der Waals surface area contributed by atoms with Crippen molar-refractivity contribution in [3.8, 4) is 11.8 Å². The average Bonchev–Trinajstić information content (AvgIpc) is 3.08. The minimum atomic E-state index is -0.274. The van der Waals surface area contributed by atoms with Crippen LogP contribution < -0.4 is 5.32 Å². The third-order valence-corrected chi connectivity index (χ3v) is 3.72. The third-order valence-electron chi connectivity index (χ3n) is 2.78. The molecule has 19 heavy (non-hydrogen) atoms. The Balaban J connectivity index is 1.80. The molecule has 2 N–H and O–H groups in total. The van der Waals surface area contributed by atoms with Gasteiger partial charge in [-0.25, -0.2) is 0 Å². The molecule has 5 heteroatoms. The molecule has 0 bridgehead atoms. The lowest BCUT2D eigenvalue weighted by Crippen LogP contribution is -2.33. The van der Waals surface area contributed by atoms with Crippen LogP contribution in [0.15, 0.2) is 11.4 Å². The van der Waals surface area contributed by atoms with Gasteiger partial charge in [0.15, 0.2) is 0 Å². The molecule has 1 unspecified atom stereocenters. The van der Waals surface area contributed by atoms with E-state index in [0.717, 1.165) is 23.3 Å². The maximum absolute atomic E-state index is 11.7. The zero-order valence-corrected chi connectivity index (χ0v) is 11.5. The number of ether oxygens (including phenoxy) is 1. The van der Waals surface area contributed by atoms with Crippen LogP contribution in [0.5, 0.6) is 0 Å². The summed E-state index contributed by atoms with van der Waals surface area (Å²) in [6.45, 7) is 1.29. The van der Waals surface area contributed by atoms with Gasteiger partial charge >= 0.3 is 0 Å². The number of aliphatic hydroxyl groups is 1. The maximum atomic E-state index is 11.7. The predicted molar refractivity (Wildman–Crippen MR) is 73.7 cm³/mol. The van der Waals surface area contributed by atoms with Crippen molar-refractivity contribution in [1.82, 2.24) is 5.32 Å². The Morgan fingerprint density at radius 1 is 1.63 bits per heavy atom. The van der Waals surface area contributed by atoms with Crippen LogP contribution in [0.25, 0.3) is 0 Å². The van der Waals surface area contributed by atoms with E-state index >= 15 is 0 Å². The number of carbonyl (C=O) groups is 1. The monoisotopic (exact) mass is 279 g/mol. The quantitative estimate of drug-likeness (QED) is 0.816. The highest BCUT2D eigenvalue weighted by molar-refractivity contribution is 7.10. The van der Waals surface area contributed by atoms with Crippen LogP contribution in [-0.4, -0.2) is 30.3 Å². The molecule has 1 aliphatic heterocycles. The first kappa shape index (κ1) is 14.1. The largest absolute Gasteiger partial charge is 0.395 e. The summed E-state index contributed by atoms with van der Waals surface area (Å²) < 4.78 is 5.32. The second-order valence-corrected chi connectivity index (χ2v) is 5.29. The molecular formula is C14H17NO3S. The van der Waals surface area contributed by atoms with Crippen molar-refractivity contribution in [1.29, 1.82) is 0 Å². The summed E-state index contributed by atoms with van der Waals surface area (Å²) in [6, 6.07) is 1.96. The molecule has 4 nitrogen and oxygen atoms in total. The van der Waals surface area contributed by atoms with E-state index in [4.69, 9.17) is 9.84 Å². The van der Waals surface area contributed by atoms with E-state index in [-0.39, 0.29) is 18.6 Å². The van der Waals surface area contributed by atoms with E-state index in [1.165, 1.54) is 0 Å². The Morgan fingerprint density at radius 3 is 3.26 bits per heavy atom. The highest BCUT2D eigenvalue weighted by Crippen LogP contribution is 2.15. The standard InChI is InChI=1S/C14H17NO3S/c16-6-2-1-4-11-8-12(19-10-11)9-15-14(17)13-5-3-7-18-13/h8,10,13,16H,2-3,5-7,9H2,(H,15,17). The van der Waals surface area contributed by atoms with E-state index in [1.807, 2.05) is 11.4 Å². The van der Waals surface area contributed by atoms with Gasteiger partial charge in [0, 0.05) is 28.8 Å². The number of amides is 1. The number of aliphatic hydroxyl groups excluding tert-OH is 1. The maximum Gasteiger partial charge on any atom is 0.249 e. The molecule has 1 saturated heterocycles. The zero-order valence-electron chi connectivity index (χ0n) is 10.6. The van der Waals surface area contributed by atoms with Crippen molar-refractivity contribution < 1.29 is 14.6 Å². The molecule has 1 aromatic rings. The number of carbonyl (C=O) groups excluding carboxylic acids is 1. The van der Waals surface area contributed by atoms with Crippen molar-refractivity contribution in [2.24, 2.45) is 0 Å². The fourth-order valence-corrected chi connectivity index (χ4v) is 2.59. The van der Waals surface area contributed by atoms with Gasteiger partial charge in [0.1, 0.15) is 6.10 Å². The Labute approximate surface area is 116 Å². The van der Waals surface area contributed by atoms with Crippen molar-refractivity contribution in [2.75, 3.05) is 13.2 Å².